The van der Waals surface area contributed by atoms with E-state index in [2.05, 4.69) is 5.32 Å². The molecule has 1 saturated heterocycles. The van der Waals surface area contributed by atoms with Gasteiger partial charge in [0.1, 0.15) is 0 Å². The largest absolute Gasteiger partial charge is 0.325 e. The SMILES string of the molecule is CCN(CC)C(=O)N1CCC(C(=O)Nc2cccc([N+](=O)[O-])c2C)CC1. The van der Waals surface area contributed by atoms with Gasteiger partial charge in [0, 0.05) is 38.2 Å². The number of piperidine rings is 1. The Balaban J connectivity index is 1.96. The van der Waals surface area contributed by atoms with E-state index in [1.807, 2.05) is 13.8 Å². The fourth-order valence-corrected chi connectivity index (χ4v) is 3.22. The number of nitrogens with one attached hydrogen (secondary N) is 1. The lowest BCUT2D eigenvalue weighted by atomic mass is 9.95. The summed E-state index contributed by atoms with van der Waals surface area (Å²) in [6.07, 6.45) is 1.18. The van der Waals surface area contributed by atoms with E-state index in [-0.39, 0.29) is 23.5 Å². The molecule has 0 atom stereocenters. The van der Waals surface area contributed by atoms with Crippen molar-refractivity contribution in [1.82, 2.24) is 9.80 Å². The van der Waals surface area contributed by atoms with Crippen LogP contribution in [0.1, 0.15) is 32.3 Å². The fourth-order valence-electron chi connectivity index (χ4n) is 3.22. The van der Waals surface area contributed by atoms with E-state index >= 15 is 0 Å². The first kappa shape index (κ1) is 19.7. The molecule has 1 aromatic carbocycles. The maximum atomic E-state index is 12.5. The molecule has 0 unspecified atom stereocenters. The number of urea groups is 1. The van der Waals surface area contributed by atoms with Crippen LogP contribution in [0.25, 0.3) is 0 Å². The maximum absolute atomic E-state index is 12.5. The number of likely N-dealkylation sites (tertiary alicyclic amines) is 1. The Hall–Kier alpha value is -2.64. The highest BCUT2D eigenvalue weighted by Crippen LogP contribution is 2.27. The van der Waals surface area contributed by atoms with Gasteiger partial charge in [-0.15, -0.1) is 0 Å². The minimum atomic E-state index is -0.456. The Morgan fingerprint density at radius 1 is 1.27 bits per heavy atom. The van der Waals surface area contributed by atoms with Crippen LogP contribution in [0.15, 0.2) is 18.2 Å². The maximum Gasteiger partial charge on any atom is 0.319 e. The summed E-state index contributed by atoms with van der Waals surface area (Å²) in [5.41, 5.74) is 0.897. The summed E-state index contributed by atoms with van der Waals surface area (Å²) >= 11 is 0. The molecule has 0 aliphatic carbocycles. The van der Waals surface area contributed by atoms with Gasteiger partial charge in [0.2, 0.25) is 5.91 Å². The van der Waals surface area contributed by atoms with Gasteiger partial charge < -0.3 is 15.1 Å². The van der Waals surface area contributed by atoms with Crippen LogP contribution in [0.4, 0.5) is 16.2 Å². The van der Waals surface area contributed by atoms with Gasteiger partial charge >= 0.3 is 6.03 Å². The zero-order valence-corrected chi connectivity index (χ0v) is 15.5. The van der Waals surface area contributed by atoms with Crippen molar-refractivity contribution in [3.8, 4) is 0 Å². The van der Waals surface area contributed by atoms with Gasteiger partial charge in [-0.3, -0.25) is 14.9 Å². The van der Waals surface area contributed by atoms with Crippen LogP contribution in [0.5, 0.6) is 0 Å². The van der Waals surface area contributed by atoms with Gasteiger partial charge in [-0.1, -0.05) is 6.07 Å². The molecule has 1 aliphatic rings. The number of amides is 3. The average molecular weight is 362 g/mol. The predicted molar refractivity (Wildman–Crippen MR) is 99.1 cm³/mol. The number of carbonyl (C=O) groups is 2. The first-order valence-corrected chi connectivity index (χ1v) is 8.97. The zero-order valence-electron chi connectivity index (χ0n) is 15.5. The molecule has 0 radical (unpaired) electrons. The highest BCUT2D eigenvalue weighted by molar-refractivity contribution is 5.94. The van der Waals surface area contributed by atoms with Gasteiger partial charge in [0.15, 0.2) is 0 Å². The van der Waals surface area contributed by atoms with Crippen LogP contribution in [0.2, 0.25) is 0 Å². The number of nitro groups is 1. The average Bonchev–Trinajstić information content (AvgIpc) is 2.64. The third-order valence-electron chi connectivity index (χ3n) is 4.93. The molecule has 2 rings (SSSR count). The minimum Gasteiger partial charge on any atom is -0.325 e. The Labute approximate surface area is 153 Å². The van der Waals surface area contributed by atoms with E-state index in [9.17, 15) is 19.7 Å². The Morgan fingerprint density at radius 2 is 1.88 bits per heavy atom. The molecule has 1 aromatic rings. The van der Waals surface area contributed by atoms with Crippen molar-refractivity contribution in [3.05, 3.63) is 33.9 Å². The lowest BCUT2D eigenvalue weighted by Gasteiger charge is -2.34. The molecular weight excluding hydrogens is 336 g/mol. The molecule has 142 valence electrons. The van der Waals surface area contributed by atoms with Gasteiger partial charge in [-0.25, -0.2) is 4.79 Å². The molecular formula is C18H26N4O4. The quantitative estimate of drug-likeness (QED) is 0.643. The minimum absolute atomic E-state index is 0.0116. The number of rotatable bonds is 5. The Kier molecular flexibility index (Phi) is 6.54. The molecule has 8 heteroatoms. The summed E-state index contributed by atoms with van der Waals surface area (Å²) < 4.78 is 0. The number of hydrogen-bond acceptors (Lipinski definition) is 4. The summed E-state index contributed by atoms with van der Waals surface area (Å²) in [6, 6.07) is 4.66. The topological polar surface area (TPSA) is 95.8 Å². The monoisotopic (exact) mass is 362 g/mol. The number of carbonyl (C=O) groups excluding carboxylic acids is 2. The van der Waals surface area contributed by atoms with E-state index in [1.165, 1.54) is 6.07 Å². The summed E-state index contributed by atoms with van der Waals surface area (Å²) in [7, 11) is 0. The van der Waals surface area contributed by atoms with Gasteiger partial charge in [-0.2, -0.15) is 0 Å². The smallest absolute Gasteiger partial charge is 0.319 e. The molecule has 1 fully saturated rings. The second-order valence-corrected chi connectivity index (χ2v) is 6.41. The van der Waals surface area contributed by atoms with Crippen molar-refractivity contribution in [2.45, 2.75) is 33.6 Å². The number of nitrogens with zero attached hydrogens (tertiary/aromatic N) is 3. The lowest BCUT2D eigenvalue weighted by Crippen LogP contribution is -2.47. The molecule has 0 bridgehead atoms. The molecule has 1 aliphatic heterocycles. The second kappa shape index (κ2) is 8.64. The van der Waals surface area contributed by atoms with Gasteiger partial charge in [0.05, 0.1) is 16.2 Å². The normalized spacial score (nSPS) is 14.8. The molecule has 1 N–H and O–H groups in total. The van der Waals surface area contributed by atoms with Gasteiger partial charge in [-0.05, 0) is 39.7 Å². The van der Waals surface area contributed by atoms with E-state index in [1.54, 1.807) is 28.9 Å². The number of nitro benzene ring substituents is 1. The summed E-state index contributed by atoms with van der Waals surface area (Å²) in [4.78, 5) is 39.0. The highest BCUT2D eigenvalue weighted by atomic mass is 16.6. The van der Waals surface area contributed by atoms with Crippen molar-refractivity contribution in [2.75, 3.05) is 31.5 Å². The molecule has 8 nitrogen and oxygen atoms in total. The molecule has 0 spiro atoms. The molecule has 1 heterocycles. The Bertz CT molecular complexity index is 680. The van der Waals surface area contributed by atoms with E-state index in [0.717, 1.165) is 0 Å². The van der Waals surface area contributed by atoms with Crippen molar-refractivity contribution in [1.29, 1.82) is 0 Å². The summed E-state index contributed by atoms with van der Waals surface area (Å²) in [5.74, 6) is -0.349. The van der Waals surface area contributed by atoms with E-state index in [0.29, 0.717) is 50.3 Å². The highest BCUT2D eigenvalue weighted by Gasteiger charge is 2.29. The van der Waals surface area contributed by atoms with Crippen LogP contribution in [0.3, 0.4) is 0 Å². The summed E-state index contributed by atoms with van der Waals surface area (Å²) in [5, 5.41) is 13.8. The van der Waals surface area contributed by atoms with Gasteiger partial charge in [0.25, 0.3) is 5.69 Å². The lowest BCUT2D eigenvalue weighted by molar-refractivity contribution is -0.385. The molecule has 26 heavy (non-hydrogen) atoms. The second-order valence-electron chi connectivity index (χ2n) is 6.41. The van der Waals surface area contributed by atoms with Crippen LogP contribution in [0, 0.1) is 23.0 Å². The van der Waals surface area contributed by atoms with Crippen LogP contribution in [-0.2, 0) is 4.79 Å². The molecule has 0 aromatic heterocycles. The standard InChI is InChI=1S/C18H26N4O4/c1-4-20(5-2)18(24)21-11-9-14(10-12-21)17(23)19-15-7-6-8-16(13(15)3)22(25)26/h6-8,14H,4-5,9-12H2,1-3H3,(H,19,23). The first-order chi connectivity index (χ1) is 12.4. The van der Waals surface area contributed by atoms with Crippen molar-refractivity contribution < 1.29 is 14.5 Å². The number of hydrogen-bond donors (Lipinski definition) is 1. The first-order valence-electron chi connectivity index (χ1n) is 8.97. The van der Waals surface area contributed by atoms with E-state index < -0.39 is 4.92 Å². The van der Waals surface area contributed by atoms with Crippen molar-refractivity contribution >= 4 is 23.3 Å². The van der Waals surface area contributed by atoms with Crippen LogP contribution in [-0.4, -0.2) is 52.8 Å². The third-order valence-corrected chi connectivity index (χ3v) is 4.93. The fraction of sp³-hybridized carbons (Fsp3) is 0.556. The molecule has 0 saturated carbocycles. The number of anilines is 1. The summed E-state index contributed by atoms with van der Waals surface area (Å²) in [6.45, 7) is 7.94. The van der Waals surface area contributed by atoms with Crippen molar-refractivity contribution in [2.24, 2.45) is 5.92 Å². The van der Waals surface area contributed by atoms with Crippen molar-refractivity contribution in [3.63, 3.8) is 0 Å². The van der Waals surface area contributed by atoms with Crippen LogP contribution < -0.4 is 5.32 Å². The molecule has 3 amide bonds. The Morgan fingerprint density at radius 3 is 2.42 bits per heavy atom. The van der Waals surface area contributed by atoms with Crippen LogP contribution >= 0.6 is 0 Å². The predicted octanol–water partition coefficient (Wildman–Crippen LogP) is 3.02. The van der Waals surface area contributed by atoms with E-state index in [4.69, 9.17) is 0 Å². The third kappa shape index (κ3) is 4.30. The number of benzene rings is 1. The zero-order chi connectivity index (χ0) is 19.3.